The Balaban J connectivity index is 3.38. The maximum atomic E-state index is 12.4. The Bertz CT molecular complexity index is 398. The highest BCUT2D eigenvalue weighted by Crippen LogP contribution is 2.27. The van der Waals surface area contributed by atoms with E-state index in [4.69, 9.17) is 28.3 Å². The molecular formula is C8H5Cl2F2NO2. The number of pyridine rings is 1. The van der Waals surface area contributed by atoms with E-state index in [1.807, 2.05) is 0 Å². The van der Waals surface area contributed by atoms with Crippen molar-refractivity contribution in [2.24, 2.45) is 0 Å². The van der Waals surface area contributed by atoms with Crippen LogP contribution in [0.25, 0.3) is 0 Å². The minimum atomic E-state index is -2.93. The highest BCUT2D eigenvalue weighted by molar-refractivity contribution is 6.31. The highest BCUT2D eigenvalue weighted by atomic mass is 35.5. The average molecular weight is 256 g/mol. The van der Waals surface area contributed by atoms with Gasteiger partial charge < -0.3 is 5.11 Å². The van der Waals surface area contributed by atoms with Crippen LogP contribution in [-0.4, -0.2) is 16.1 Å². The van der Waals surface area contributed by atoms with E-state index in [-0.39, 0.29) is 16.6 Å². The quantitative estimate of drug-likeness (QED) is 0.667. The third-order valence-electron chi connectivity index (χ3n) is 1.66. The predicted octanol–water partition coefficient (Wildman–Crippen LogP) is 3.11. The molecule has 0 aliphatic carbocycles. The Hall–Kier alpha value is -0.940. The first kappa shape index (κ1) is 12.1. The second-order valence-electron chi connectivity index (χ2n) is 2.62. The van der Waals surface area contributed by atoms with E-state index in [1.165, 1.54) is 0 Å². The van der Waals surface area contributed by atoms with Crippen molar-refractivity contribution in [2.45, 2.75) is 12.3 Å². The average Bonchev–Trinajstić information content (AvgIpc) is 2.16. The molecule has 0 radical (unpaired) electrons. The molecule has 0 aliphatic rings. The molecule has 0 unspecified atom stereocenters. The van der Waals surface area contributed by atoms with Crippen molar-refractivity contribution in [1.29, 1.82) is 0 Å². The number of carbonyl (C=O) groups is 1. The van der Waals surface area contributed by atoms with Crippen LogP contribution < -0.4 is 0 Å². The third-order valence-corrected chi connectivity index (χ3v) is 2.27. The van der Waals surface area contributed by atoms with Crippen LogP contribution in [0, 0.1) is 0 Å². The fraction of sp³-hybridized carbons (Fsp3) is 0.250. The molecule has 1 aromatic rings. The van der Waals surface area contributed by atoms with Crippen molar-refractivity contribution in [3.8, 4) is 0 Å². The van der Waals surface area contributed by atoms with Gasteiger partial charge in [0.1, 0.15) is 5.15 Å². The molecule has 0 bridgehead atoms. The molecule has 0 atom stereocenters. The van der Waals surface area contributed by atoms with Crippen LogP contribution >= 0.6 is 23.2 Å². The number of aromatic nitrogens is 1. The Morgan fingerprint density at radius 3 is 2.60 bits per heavy atom. The molecule has 15 heavy (non-hydrogen) atoms. The molecule has 82 valence electrons. The summed E-state index contributed by atoms with van der Waals surface area (Å²) >= 11 is 11.0. The minimum absolute atomic E-state index is 0.106. The van der Waals surface area contributed by atoms with E-state index in [2.05, 4.69) is 4.98 Å². The van der Waals surface area contributed by atoms with Crippen LogP contribution in [-0.2, 0) is 5.88 Å². The second-order valence-corrected chi connectivity index (χ2v) is 3.24. The van der Waals surface area contributed by atoms with Crippen LogP contribution in [0.1, 0.15) is 28.0 Å². The first-order valence-corrected chi connectivity index (χ1v) is 4.65. The van der Waals surface area contributed by atoms with Gasteiger partial charge in [0, 0.05) is 5.56 Å². The molecule has 0 aromatic carbocycles. The number of aromatic carboxylic acids is 1. The summed E-state index contributed by atoms with van der Waals surface area (Å²) in [5.74, 6) is -1.65. The molecule has 0 spiro atoms. The lowest BCUT2D eigenvalue weighted by atomic mass is 10.1. The number of alkyl halides is 3. The SMILES string of the molecule is O=C(O)c1nc(Cl)c(CCl)cc1C(F)F. The molecule has 1 heterocycles. The summed E-state index contributed by atoms with van der Waals surface area (Å²) in [6, 6.07) is 0.955. The van der Waals surface area contributed by atoms with Crippen LogP contribution in [0.5, 0.6) is 0 Å². The summed E-state index contributed by atoms with van der Waals surface area (Å²) in [7, 11) is 0. The molecule has 1 aromatic heterocycles. The van der Waals surface area contributed by atoms with E-state index in [0.717, 1.165) is 6.07 Å². The molecule has 0 fully saturated rings. The van der Waals surface area contributed by atoms with E-state index in [0.29, 0.717) is 0 Å². The van der Waals surface area contributed by atoms with Gasteiger partial charge in [-0.1, -0.05) is 11.6 Å². The second kappa shape index (κ2) is 4.72. The highest BCUT2D eigenvalue weighted by Gasteiger charge is 2.21. The lowest BCUT2D eigenvalue weighted by Gasteiger charge is -2.07. The Kier molecular flexibility index (Phi) is 3.82. The van der Waals surface area contributed by atoms with Gasteiger partial charge in [0.25, 0.3) is 6.43 Å². The smallest absolute Gasteiger partial charge is 0.355 e. The van der Waals surface area contributed by atoms with E-state index in [9.17, 15) is 13.6 Å². The van der Waals surface area contributed by atoms with E-state index < -0.39 is 23.7 Å². The molecule has 1 rings (SSSR count). The Morgan fingerprint density at radius 2 is 2.20 bits per heavy atom. The zero-order valence-electron chi connectivity index (χ0n) is 7.18. The van der Waals surface area contributed by atoms with Crippen molar-refractivity contribution in [3.63, 3.8) is 0 Å². The number of rotatable bonds is 3. The van der Waals surface area contributed by atoms with Gasteiger partial charge >= 0.3 is 5.97 Å². The number of hydrogen-bond donors (Lipinski definition) is 1. The molecule has 0 amide bonds. The van der Waals surface area contributed by atoms with Crippen LogP contribution in [0.4, 0.5) is 8.78 Å². The van der Waals surface area contributed by atoms with Crippen molar-refractivity contribution >= 4 is 29.2 Å². The van der Waals surface area contributed by atoms with Crippen LogP contribution in [0.2, 0.25) is 5.15 Å². The van der Waals surface area contributed by atoms with Gasteiger partial charge in [-0.25, -0.2) is 18.6 Å². The van der Waals surface area contributed by atoms with Gasteiger partial charge in [0.15, 0.2) is 5.69 Å². The normalized spacial score (nSPS) is 10.7. The Labute approximate surface area is 93.6 Å². The zero-order valence-corrected chi connectivity index (χ0v) is 8.69. The Morgan fingerprint density at radius 1 is 1.60 bits per heavy atom. The number of carboxylic acid groups (broad SMARTS) is 1. The monoisotopic (exact) mass is 255 g/mol. The van der Waals surface area contributed by atoms with Crippen molar-refractivity contribution < 1.29 is 18.7 Å². The van der Waals surface area contributed by atoms with Crippen molar-refractivity contribution in [3.05, 3.63) is 28.0 Å². The molecular weight excluding hydrogens is 251 g/mol. The minimum Gasteiger partial charge on any atom is -0.476 e. The maximum Gasteiger partial charge on any atom is 0.355 e. The van der Waals surface area contributed by atoms with E-state index >= 15 is 0 Å². The van der Waals surface area contributed by atoms with Crippen molar-refractivity contribution in [1.82, 2.24) is 4.98 Å². The third kappa shape index (κ3) is 2.54. The molecule has 0 aliphatic heterocycles. The largest absolute Gasteiger partial charge is 0.476 e. The molecule has 0 saturated carbocycles. The van der Waals surface area contributed by atoms with Gasteiger partial charge in [-0.2, -0.15) is 0 Å². The number of nitrogens with zero attached hydrogens (tertiary/aromatic N) is 1. The summed E-state index contributed by atoms with van der Waals surface area (Å²) < 4.78 is 24.9. The van der Waals surface area contributed by atoms with Gasteiger partial charge in [0.05, 0.1) is 11.4 Å². The van der Waals surface area contributed by atoms with Gasteiger partial charge in [-0.3, -0.25) is 0 Å². The number of hydrogen-bond acceptors (Lipinski definition) is 2. The van der Waals surface area contributed by atoms with Gasteiger partial charge in [0.2, 0.25) is 0 Å². The van der Waals surface area contributed by atoms with E-state index in [1.54, 1.807) is 0 Å². The fourth-order valence-corrected chi connectivity index (χ4v) is 1.46. The van der Waals surface area contributed by atoms with Gasteiger partial charge in [-0.15, -0.1) is 11.6 Å². The number of carboxylic acids is 1. The van der Waals surface area contributed by atoms with Crippen LogP contribution in [0.3, 0.4) is 0 Å². The fourth-order valence-electron chi connectivity index (χ4n) is 0.981. The lowest BCUT2D eigenvalue weighted by Crippen LogP contribution is -2.08. The standard InChI is InChI=1S/C8H5Cl2F2NO2/c9-2-3-1-4(7(11)12)5(8(14)15)13-6(3)10/h1,7H,2H2,(H,14,15). The first-order valence-electron chi connectivity index (χ1n) is 3.74. The summed E-state index contributed by atoms with van der Waals surface area (Å²) in [5.41, 5.74) is -1.25. The number of halogens is 4. The lowest BCUT2D eigenvalue weighted by molar-refractivity contribution is 0.0677. The van der Waals surface area contributed by atoms with Gasteiger partial charge in [-0.05, 0) is 6.07 Å². The zero-order chi connectivity index (χ0) is 11.6. The summed E-state index contributed by atoms with van der Waals surface area (Å²) in [4.78, 5) is 14.0. The molecule has 0 saturated heterocycles. The summed E-state index contributed by atoms with van der Waals surface area (Å²) in [6.45, 7) is 0. The predicted molar refractivity (Wildman–Crippen MR) is 50.7 cm³/mol. The topological polar surface area (TPSA) is 50.2 Å². The summed E-state index contributed by atoms with van der Waals surface area (Å²) in [6.07, 6.45) is -2.93. The molecule has 7 heteroatoms. The maximum absolute atomic E-state index is 12.4. The van der Waals surface area contributed by atoms with Crippen molar-refractivity contribution in [2.75, 3.05) is 0 Å². The molecule has 3 nitrogen and oxygen atoms in total. The molecule has 1 N–H and O–H groups in total. The van der Waals surface area contributed by atoms with Crippen LogP contribution in [0.15, 0.2) is 6.07 Å². The first-order chi connectivity index (χ1) is 6.97. The summed E-state index contributed by atoms with van der Waals surface area (Å²) in [5, 5.41) is 8.44.